The highest BCUT2D eigenvalue weighted by Crippen LogP contribution is 2.35. The predicted molar refractivity (Wildman–Crippen MR) is 110 cm³/mol. The Kier molecular flexibility index (Phi) is 4.98. The molecule has 0 bridgehead atoms. The highest BCUT2D eigenvalue weighted by atomic mass is 79.9. The van der Waals surface area contributed by atoms with Crippen molar-refractivity contribution in [2.75, 3.05) is 10.2 Å². The van der Waals surface area contributed by atoms with E-state index in [1.807, 2.05) is 6.07 Å². The van der Waals surface area contributed by atoms with Crippen molar-refractivity contribution in [1.82, 2.24) is 0 Å². The normalized spacial score (nSPS) is 14.0. The van der Waals surface area contributed by atoms with Crippen molar-refractivity contribution in [2.45, 2.75) is 0 Å². The van der Waals surface area contributed by atoms with Crippen LogP contribution in [0.2, 0.25) is 0 Å². The van der Waals surface area contributed by atoms with Crippen LogP contribution in [-0.2, 0) is 9.59 Å². The molecule has 3 aromatic carbocycles. The molecule has 0 radical (unpaired) electrons. The molecule has 0 fully saturated rings. The Bertz CT molecular complexity index is 1160. The molecule has 4 nitrogen and oxygen atoms in total. The Morgan fingerprint density at radius 2 is 1.59 bits per heavy atom. The highest BCUT2D eigenvalue weighted by molar-refractivity contribution is 9.10. The molecule has 144 valence electrons. The fourth-order valence-corrected chi connectivity index (χ4v) is 3.50. The summed E-state index contributed by atoms with van der Waals surface area (Å²) in [6.07, 6.45) is 0. The number of anilines is 2. The molecule has 1 N–H and O–H groups in total. The molecular weight excluding hydrogens is 442 g/mol. The average molecular weight is 455 g/mol. The quantitative estimate of drug-likeness (QED) is 0.556. The second-order valence-corrected chi connectivity index (χ2v) is 7.21. The molecule has 1 heterocycles. The predicted octanol–water partition coefficient (Wildman–Crippen LogP) is 5.12. The molecule has 2 amide bonds. The first-order valence-electron chi connectivity index (χ1n) is 8.62. The van der Waals surface area contributed by atoms with E-state index in [4.69, 9.17) is 0 Å². The molecule has 3 aromatic rings. The number of nitrogens with zero attached hydrogens (tertiary/aromatic N) is 1. The van der Waals surface area contributed by atoms with E-state index >= 15 is 0 Å². The van der Waals surface area contributed by atoms with Crippen LogP contribution in [0.1, 0.15) is 5.56 Å². The summed E-state index contributed by atoms with van der Waals surface area (Å²) in [6, 6.07) is 18.2. The highest BCUT2D eigenvalue weighted by Gasteiger charge is 2.41. The molecule has 0 aliphatic carbocycles. The van der Waals surface area contributed by atoms with E-state index in [9.17, 15) is 18.4 Å². The van der Waals surface area contributed by atoms with E-state index in [2.05, 4.69) is 21.2 Å². The van der Waals surface area contributed by atoms with E-state index < -0.39 is 29.1 Å². The molecule has 29 heavy (non-hydrogen) atoms. The van der Waals surface area contributed by atoms with E-state index in [1.54, 1.807) is 48.5 Å². The number of carbonyl (C=O) groups excluding carboxylic acids is 2. The Labute approximate surface area is 173 Å². The summed E-state index contributed by atoms with van der Waals surface area (Å²) in [4.78, 5) is 26.9. The van der Waals surface area contributed by atoms with E-state index in [-0.39, 0.29) is 11.3 Å². The van der Waals surface area contributed by atoms with Crippen LogP contribution < -0.4 is 10.2 Å². The minimum absolute atomic E-state index is 0.0111. The van der Waals surface area contributed by atoms with Gasteiger partial charge in [0, 0.05) is 16.2 Å². The fraction of sp³-hybridized carbons (Fsp3) is 0. The van der Waals surface area contributed by atoms with E-state index in [0.29, 0.717) is 16.2 Å². The largest absolute Gasteiger partial charge is 0.350 e. The van der Waals surface area contributed by atoms with Crippen LogP contribution in [0.25, 0.3) is 5.57 Å². The topological polar surface area (TPSA) is 49.4 Å². The third-order valence-corrected chi connectivity index (χ3v) is 4.88. The van der Waals surface area contributed by atoms with Gasteiger partial charge in [-0.15, -0.1) is 0 Å². The number of hydrogen-bond acceptors (Lipinski definition) is 3. The van der Waals surface area contributed by atoms with Gasteiger partial charge in [0.1, 0.15) is 17.3 Å². The first-order valence-corrected chi connectivity index (χ1v) is 9.41. The standard InChI is InChI=1S/C22H13BrF2N2O2/c23-14-7-4-8-16(11-14)26-20-19(13-5-2-1-3-6-13)21(28)27(22(20)29)18-12-15(24)9-10-17(18)25/h1-12,26H. The van der Waals surface area contributed by atoms with Gasteiger partial charge in [-0.05, 0) is 35.9 Å². The number of imide groups is 1. The molecule has 4 rings (SSSR count). The average Bonchev–Trinajstić information content (AvgIpc) is 2.94. The number of halogens is 3. The number of carbonyl (C=O) groups is 2. The minimum Gasteiger partial charge on any atom is -0.350 e. The summed E-state index contributed by atoms with van der Waals surface area (Å²) in [5, 5.41) is 2.97. The molecule has 0 aromatic heterocycles. The molecular formula is C22H13BrF2N2O2. The van der Waals surface area contributed by atoms with E-state index in [1.165, 1.54) is 0 Å². The summed E-state index contributed by atoms with van der Waals surface area (Å²) in [5.41, 5.74) is 0.690. The smallest absolute Gasteiger partial charge is 0.282 e. The zero-order chi connectivity index (χ0) is 20.5. The van der Waals surface area contributed by atoms with Crippen molar-refractivity contribution >= 4 is 44.7 Å². The molecule has 0 unspecified atom stereocenters. The lowest BCUT2D eigenvalue weighted by Gasteiger charge is -2.16. The molecule has 1 aliphatic rings. The fourth-order valence-electron chi connectivity index (χ4n) is 3.10. The molecule has 0 atom stereocenters. The van der Waals surface area contributed by atoms with Gasteiger partial charge in [-0.2, -0.15) is 0 Å². The molecule has 0 saturated carbocycles. The third kappa shape index (κ3) is 3.56. The lowest BCUT2D eigenvalue weighted by Crippen LogP contribution is -2.33. The lowest BCUT2D eigenvalue weighted by atomic mass is 10.0. The minimum atomic E-state index is -0.871. The summed E-state index contributed by atoms with van der Waals surface area (Å²) in [5.74, 6) is -3.12. The summed E-state index contributed by atoms with van der Waals surface area (Å²) in [6.45, 7) is 0. The zero-order valence-corrected chi connectivity index (χ0v) is 16.4. The van der Waals surface area contributed by atoms with Gasteiger partial charge in [0.15, 0.2) is 0 Å². The summed E-state index contributed by atoms with van der Waals surface area (Å²) >= 11 is 3.36. The maximum atomic E-state index is 14.3. The van der Waals surface area contributed by atoms with Crippen molar-refractivity contribution in [3.8, 4) is 0 Å². The second-order valence-electron chi connectivity index (χ2n) is 6.29. The Balaban J connectivity index is 1.85. The monoisotopic (exact) mass is 454 g/mol. The summed E-state index contributed by atoms with van der Waals surface area (Å²) in [7, 11) is 0. The van der Waals surface area contributed by atoms with E-state index in [0.717, 1.165) is 22.7 Å². The summed E-state index contributed by atoms with van der Waals surface area (Å²) < 4.78 is 28.8. The van der Waals surface area contributed by atoms with Gasteiger partial charge < -0.3 is 5.32 Å². The van der Waals surface area contributed by atoms with Crippen LogP contribution in [0.15, 0.2) is 83.0 Å². The number of rotatable bonds is 4. The number of nitrogens with one attached hydrogen (secondary N) is 1. The van der Waals surface area contributed by atoms with Gasteiger partial charge >= 0.3 is 0 Å². The first kappa shape index (κ1) is 19.0. The third-order valence-electron chi connectivity index (χ3n) is 4.39. The molecule has 7 heteroatoms. The van der Waals surface area contributed by atoms with Crippen molar-refractivity contribution in [3.63, 3.8) is 0 Å². The van der Waals surface area contributed by atoms with Crippen LogP contribution in [0.4, 0.5) is 20.2 Å². The maximum absolute atomic E-state index is 14.3. The van der Waals surface area contributed by atoms with Crippen LogP contribution in [-0.4, -0.2) is 11.8 Å². The second kappa shape index (κ2) is 7.60. The van der Waals surface area contributed by atoms with Gasteiger partial charge in [0.05, 0.1) is 11.3 Å². The van der Waals surface area contributed by atoms with Gasteiger partial charge in [-0.1, -0.05) is 52.3 Å². The number of benzene rings is 3. The lowest BCUT2D eigenvalue weighted by molar-refractivity contribution is -0.120. The van der Waals surface area contributed by atoms with Gasteiger partial charge in [-0.3, -0.25) is 9.59 Å². The van der Waals surface area contributed by atoms with Gasteiger partial charge in [-0.25, -0.2) is 13.7 Å². The van der Waals surface area contributed by atoms with Crippen molar-refractivity contribution in [2.24, 2.45) is 0 Å². The van der Waals surface area contributed by atoms with Crippen molar-refractivity contribution < 1.29 is 18.4 Å². The zero-order valence-electron chi connectivity index (χ0n) is 14.8. The maximum Gasteiger partial charge on any atom is 0.282 e. The number of hydrogen-bond donors (Lipinski definition) is 1. The van der Waals surface area contributed by atoms with Crippen molar-refractivity contribution in [3.05, 3.63) is 100 Å². The van der Waals surface area contributed by atoms with Gasteiger partial charge in [0.2, 0.25) is 0 Å². The van der Waals surface area contributed by atoms with Crippen LogP contribution in [0.3, 0.4) is 0 Å². The SMILES string of the molecule is O=C1C(Nc2cccc(Br)c2)=C(c2ccccc2)C(=O)N1c1cc(F)ccc1F. The Morgan fingerprint density at radius 1 is 0.828 bits per heavy atom. The van der Waals surface area contributed by atoms with Crippen LogP contribution in [0.5, 0.6) is 0 Å². The number of amides is 2. The van der Waals surface area contributed by atoms with Crippen LogP contribution >= 0.6 is 15.9 Å². The van der Waals surface area contributed by atoms with Crippen LogP contribution in [0, 0.1) is 11.6 Å². The Morgan fingerprint density at radius 3 is 2.31 bits per heavy atom. The first-order chi connectivity index (χ1) is 14.0. The van der Waals surface area contributed by atoms with Crippen molar-refractivity contribution in [1.29, 1.82) is 0 Å². The Hall–Kier alpha value is -3.32. The molecule has 1 aliphatic heterocycles. The van der Waals surface area contributed by atoms with Gasteiger partial charge in [0.25, 0.3) is 11.8 Å². The molecule has 0 spiro atoms. The molecule has 0 saturated heterocycles.